The Kier molecular flexibility index (Phi) is 2.64. The third-order valence-corrected chi connectivity index (χ3v) is 4.16. The Morgan fingerprint density at radius 1 is 1.40 bits per heavy atom. The van der Waals surface area contributed by atoms with E-state index in [9.17, 15) is 8.42 Å². The first kappa shape index (κ1) is 10.8. The van der Waals surface area contributed by atoms with Gasteiger partial charge in [-0.05, 0) is 18.1 Å². The van der Waals surface area contributed by atoms with Gasteiger partial charge in [0.05, 0.1) is 17.3 Å². The highest BCUT2D eigenvalue weighted by atomic mass is 35.5. The average molecular weight is 246 g/mol. The summed E-state index contributed by atoms with van der Waals surface area (Å²) in [5.41, 5.74) is 1.61. The van der Waals surface area contributed by atoms with Crippen molar-refractivity contribution in [2.75, 3.05) is 17.1 Å². The van der Waals surface area contributed by atoms with E-state index < -0.39 is 10.0 Å². The first-order chi connectivity index (χ1) is 7.00. The molecule has 0 aliphatic carbocycles. The number of fused-ring (bicyclic) bond motifs is 1. The maximum Gasteiger partial charge on any atom is 0.232 e. The first-order valence-electron chi connectivity index (χ1n) is 4.71. The van der Waals surface area contributed by atoms with E-state index >= 15 is 0 Å². The molecule has 0 bridgehead atoms. The lowest BCUT2D eigenvalue weighted by atomic mass is 10.0. The topological polar surface area (TPSA) is 37.4 Å². The summed E-state index contributed by atoms with van der Waals surface area (Å²) in [6, 6.07) is 7.38. The van der Waals surface area contributed by atoms with Gasteiger partial charge in [-0.25, -0.2) is 8.42 Å². The lowest BCUT2D eigenvalue weighted by Crippen LogP contribution is -2.35. The van der Waals surface area contributed by atoms with Crippen molar-refractivity contribution < 1.29 is 8.42 Å². The van der Waals surface area contributed by atoms with Crippen LogP contribution in [0.1, 0.15) is 17.4 Å². The van der Waals surface area contributed by atoms with Gasteiger partial charge in [0, 0.05) is 6.54 Å². The number of alkyl halides is 1. The fraction of sp³-hybridized carbons (Fsp3) is 0.400. The molecule has 1 heterocycles. The molecule has 0 amide bonds. The summed E-state index contributed by atoms with van der Waals surface area (Å²) in [6.07, 6.45) is 1.88. The summed E-state index contributed by atoms with van der Waals surface area (Å²) in [6.45, 7) is 0.462. The number of para-hydroxylation sites is 1. The minimum atomic E-state index is -3.19. The van der Waals surface area contributed by atoms with Gasteiger partial charge in [-0.15, -0.1) is 11.6 Å². The molecule has 15 heavy (non-hydrogen) atoms. The maximum absolute atomic E-state index is 11.5. The van der Waals surface area contributed by atoms with Crippen molar-refractivity contribution in [2.45, 2.75) is 11.8 Å². The van der Waals surface area contributed by atoms with Gasteiger partial charge in [0.1, 0.15) is 0 Å². The van der Waals surface area contributed by atoms with Crippen molar-refractivity contribution in [1.82, 2.24) is 0 Å². The van der Waals surface area contributed by atoms with Gasteiger partial charge in [0.25, 0.3) is 0 Å². The van der Waals surface area contributed by atoms with Crippen molar-refractivity contribution in [3.05, 3.63) is 29.8 Å². The second-order valence-corrected chi connectivity index (χ2v) is 6.08. The Hall–Kier alpha value is -0.740. The summed E-state index contributed by atoms with van der Waals surface area (Å²) in [7, 11) is -3.19. The van der Waals surface area contributed by atoms with E-state index in [4.69, 9.17) is 11.6 Å². The summed E-state index contributed by atoms with van der Waals surface area (Å²) >= 11 is 6.14. The largest absolute Gasteiger partial charge is 0.270 e. The molecule has 82 valence electrons. The molecule has 1 aromatic rings. The van der Waals surface area contributed by atoms with Crippen LogP contribution in [0.3, 0.4) is 0 Å². The summed E-state index contributed by atoms with van der Waals surface area (Å²) < 4.78 is 24.5. The summed E-state index contributed by atoms with van der Waals surface area (Å²) in [4.78, 5) is 0. The second-order valence-electron chi connectivity index (χ2n) is 3.65. The first-order valence-corrected chi connectivity index (χ1v) is 6.99. The molecule has 0 aromatic heterocycles. The molecule has 0 spiro atoms. The van der Waals surface area contributed by atoms with Crippen LogP contribution >= 0.6 is 11.6 Å². The van der Waals surface area contributed by atoms with Crippen LogP contribution in [0.25, 0.3) is 0 Å². The van der Waals surface area contributed by atoms with Crippen LogP contribution in [0.15, 0.2) is 24.3 Å². The molecule has 1 aliphatic heterocycles. The minimum absolute atomic E-state index is 0.0841. The van der Waals surface area contributed by atoms with Gasteiger partial charge in [-0.1, -0.05) is 18.2 Å². The predicted molar refractivity (Wildman–Crippen MR) is 61.8 cm³/mol. The van der Waals surface area contributed by atoms with Crippen molar-refractivity contribution in [3.63, 3.8) is 0 Å². The van der Waals surface area contributed by atoms with Gasteiger partial charge in [-0.2, -0.15) is 0 Å². The van der Waals surface area contributed by atoms with Crippen LogP contribution in [0.5, 0.6) is 0 Å². The third kappa shape index (κ3) is 1.96. The number of anilines is 1. The minimum Gasteiger partial charge on any atom is -0.270 e. The number of sulfonamides is 1. The Bertz CT molecular complexity index is 472. The Morgan fingerprint density at radius 2 is 2.07 bits per heavy atom. The number of hydrogen-bond acceptors (Lipinski definition) is 2. The second kappa shape index (κ2) is 3.68. The van der Waals surface area contributed by atoms with Crippen molar-refractivity contribution in [1.29, 1.82) is 0 Å². The van der Waals surface area contributed by atoms with Gasteiger partial charge in [0.15, 0.2) is 0 Å². The van der Waals surface area contributed by atoms with Gasteiger partial charge in [0.2, 0.25) is 10.0 Å². The van der Waals surface area contributed by atoms with Crippen molar-refractivity contribution in [3.8, 4) is 0 Å². The number of nitrogens with zero attached hydrogens (tertiary/aromatic N) is 1. The highest BCUT2D eigenvalue weighted by Crippen LogP contribution is 2.38. The monoisotopic (exact) mass is 245 g/mol. The Morgan fingerprint density at radius 3 is 2.73 bits per heavy atom. The van der Waals surface area contributed by atoms with Crippen LogP contribution in [0.2, 0.25) is 0 Å². The smallest absolute Gasteiger partial charge is 0.232 e. The number of benzene rings is 1. The van der Waals surface area contributed by atoms with Crippen LogP contribution in [0, 0.1) is 0 Å². The van der Waals surface area contributed by atoms with E-state index in [1.165, 1.54) is 10.6 Å². The molecule has 1 unspecified atom stereocenters. The van der Waals surface area contributed by atoms with Crippen LogP contribution in [-0.2, 0) is 10.0 Å². The quantitative estimate of drug-likeness (QED) is 0.711. The van der Waals surface area contributed by atoms with Gasteiger partial charge < -0.3 is 0 Å². The van der Waals surface area contributed by atoms with Gasteiger partial charge >= 0.3 is 0 Å². The van der Waals surface area contributed by atoms with Gasteiger partial charge in [-0.3, -0.25) is 4.31 Å². The highest BCUT2D eigenvalue weighted by Gasteiger charge is 2.28. The summed E-state index contributed by atoms with van der Waals surface area (Å²) in [5, 5.41) is -0.0841. The fourth-order valence-electron chi connectivity index (χ4n) is 1.83. The molecule has 1 atom stereocenters. The highest BCUT2D eigenvalue weighted by molar-refractivity contribution is 7.92. The van der Waals surface area contributed by atoms with Crippen LogP contribution in [0.4, 0.5) is 5.69 Å². The zero-order valence-electron chi connectivity index (χ0n) is 8.35. The Labute approximate surface area is 94.7 Å². The van der Waals surface area contributed by atoms with Crippen molar-refractivity contribution >= 4 is 27.3 Å². The number of hydrogen-bond donors (Lipinski definition) is 0. The fourth-order valence-corrected chi connectivity index (χ4v) is 3.07. The zero-order chi connectivity index (χ0) is 11.1. The molecule has 0 saturated heterocycles. The molecular weight excluding hydrogens is 234 g/mol. The normalized spacial score (nSPS) is 21.2. The van der Waals surface area contributed by atoms with Crippen LogP contribution in [-0.4, -0.2) is 21.2 Å². The molecule has 1 aliphatic rings. The average Bonchev–Trinajstić information content (AvgIpc) is 2.17. The molecule has 0 N–H and O–H groups in total. The molecular formula is C10H12ClNO2S. The van der Waals surface area contributed by atoms with E-state index in [1.807, 2.05) is 18.2 Å². The van der Waals surface area contributed by atoms with E-state index in [2.05, 4.69) is 0 Å². The van der Waals surface area contributed by atoms with E-state index in [0.29, 0.717) is 18.7 Å². The molecule has 0 radical (unpaired) electrons. The molecule has 2 rings (SSSR count). The third-order valence-electron chi connectivity index (χ3n) is 2.53. The molecule has 1 aromatic carbocycles. The molecule has 0 fully saturated rings. The zero-order valence-corrected chi connectivity index (χ0v) is 9.92. The predicted octanol–water partition coefficient (Wildman–Crippen LogP) is 2.14. The molecule has 3 nitrogen and oxygen atoms in total. The van der Waals surface area contributed by atoms with E-state index in [0.717, 1.165) is 5.56 Å². The lowest BCUT2D eigenvalue weighted by Gasteiger charge is -2.31. The molecule has 5 heteroatoms. The molecule has 0 saturated carbocycles. The SMILES string of the molecule is CS(=O)(=O)N1CCC(Cl)c2ccccc21. The standard InChI is InChI=1S/C10H12ClNO2S/c1-15(13,14)12-7-6-9(11)8-4-2-3-5-10(8)12/h2-5,9H,6-7H2,1H3. The lowest BCUT2D eigenvalue weighted by molar-refractivity contribution is 0.591. The number of halogens is 1. The maximum atomic E-state index is 11.5. The Balaban J connectivity index is 2.54. The van der Waals surface area contributed by atoms with E-state index in [1.54, 1.807) is 6.07 Å². The van der Waals surface area contributed by atoms with E-state index in [-0.39, 0.29) is 5.38 Å². The number of rotatable bonds is 1. The van der Waals surface area contributed by atoms with Crippen molar-refractivity contribution in [2.24, 2.45) is 0 Å². The van der Waals surface area contributed by atoms with Crippen LogP contribution < -0.4 is 4.31 Å². The summed E-state index contributed by atoms with van der Waals surface area (Å²) in [5.74, 6) is 0.